The van der Waals surface area contributed by atoms with Crippen LogP contribution in [-0.4, -0.2) is 11.1 Å². The van der Waals surface area contributed by atoms with Crippen molar-refractivity contribution in [2.75, 3.05) is 0 Å². The van der Waals surface area contributed by atoms with Crippen LogP contribution < -0.4 is 5.73 Å². The summed E-state index contributed by atoms with van der Waals surface area (Å²) in [6.07, 6.45) is 0.117. The number of aliphatic hydroxyl groups is 1. The molecule has 0 radical (unpaired) electrons. The van der Waals surface area contributed by atoms with Crippen molar-refractivity contribution in [3.05, 3.63) is 34.3 Å². The molecular formula is C11H16ClNO. The quantitative estimate of drug-likeness (QED) is 0.810. The van der Waals surface area contributed by atoms with Gasteiger partial charge in [-0.3, -0.25) is 0 Å². The fraction of sp³-hybridized carbons (Fsp3) is 0.455. The highest BCUT2D eigenvalue weighted by atomic mass is 35.5. The van der Waals surface area contributed by atoms with Crippen LogP contribution in [-0.2, 0) is 0 Å². The SMILES string of the molecule is CC[C@H](N)[C@@H](O)c1cccc(Cl)c1C. The molecule has 1 rings (SSSR count). The van der Waals surface area contributed by atoms with Crippen molar-refractivity contribution in [1.29, 1.82) is 0 Å². The first kappa shape index (κ1) is 11.5. The third kappa shape index (κ3) is 2.27. The Hall–Kier alpha value is -0.570. The standard InChI is InChI=1S/C11H16ClNO/c1-3-10(13)11(14)8-5-4-6-9(12)7(8)2/h4-6,10-11,14H,3,13H2,1-2H3/t10-,11-/m0/s1. The molecule has 0 aliphatic carbocycles. The van der Waals surface area contributed by atoms with Crippen LogP contribution in [0.3, 0.4) is 0 Å². The van der Waals surface area contributed by atoms with Gasteiger partial charge in [0.2, 0.25) is 0 Å². The summed E-state index contributed by atoms with van der Waals surface area (Å²) < 4.78 is 0. The molecular weight excluding hydrogens is 198 g/mol. The van der Waals surface area contributed by atoms with E-state index in [2.05, 4.69) is 0 Å². The van der Waals surface area contributed by atoms with Crippen molar-refractivity contribution in [3.8, 4) is 0 Å². The zero-order valence-corrected chi connectivity index (χ0v) is 9.25. The molecule has 0 amide bonds. The molecule has 0 saturated carbocycles. The van der Waals surface area contributed by atoms with E-state index >= 15 is 0 Å². The molecule has 0 spiro atoms. The molecule has 0 heterocycles. The van der Waals surface area contributed by atoms with Gasteiger partial charge in [0, 0.05) is 11.1 Å². The molecule has 78 valence electrons. The Balaban J connectivity index is 3.01. The summed E-state index contributed by atoms with van der Waals surface area (Å²) in [6.45, 7) is 3.84. The van der Waals surface area contributed by atoms with E-state index < -0.39 is 6.10 Å². The van der Waals surface area contributed by atoms with Gasteiger partial charge < -0.3 is 10.8 Å². The van der Waals surface area contributed by atoms with Gasteiger partial charge in [-0.2, -0.15) is 0 Å². The van der Waals surface area contributed by atoms with Crippen LogP contribution >= 0.6 is 11.6 Å². The summed E-state index contributed by atoms with van der Waals surface area (Å²) in [7, 11) is 0. The van der Waals surface area contributed by atoms with E-state index in [1.165, 1.54) is 0 Å². The average Bonchev–Trinajstić information content (AvgIpc) is 2.20. The van der Waals surface area contributed by atoms with Crippen molar-refractivity contribution in [1.82, 2.24) is 0 Å². The maximum Gasteiger partial charge on any atom is 0.0943 e. The van der Waals surface area contributed by atoms with Crippen LogP contribution in [0.15, 0.2) is 18.2 Å². The molecule has 0 fully saturated rings. The maximum absolute atomic E-state index is 9.91. The lowest BCUT2D eigenvalue weighted by Crippen LogP contribution is -2.27. The van der Waals surface area contributed by atoms with E-state index in [-0.39, 0.29) is 6.04 Å². The van der Waals surface area contributed by atoms with Gasteiger partial charge in [-0.25, -0.2) is 0 Å². The van der Waals surface area contributed by atoms with Crippen LogP contribution in [0.1, 0.15) is 30.6 Å². The Kier molecular flexibility index (Phi) is 3.93. The third-order valence-electron chi connectivity index (χ3n) is 2.51. The number of benzene rings is 1. The highest BCUT2D eigenvalue weighted by molar-refractivity contribution is 6.31. The second-order valence-corrected chi connectivity index (χ2v) is 3.88. The Bertz CT molecular complexity index is 314. The number of hydrogen-bond acceptors (Lipinski definition) is 2. The van der Waals surface area contributed by atoms with Gasteiger partial charge in [-0.15, -0.1) is 0 Å². The smallest absolute Gasteiger partial charge is 0.0943 e. The summed E-state index contributed by atoms with van der Waals surface area (Å²) in [5.74, 6) is 0. The summed E-state index contributed by atoms with van der Waals surface area (Å²) in [4.78, 5) is 0. The number of halogens is 1. The van der Waals surface area contributed by atoms with Crippen molar-refractivity contribution < 1.29 is 5.11 Å². The van der Waals surface area contributed by atoms with Crippen LogP contribution in [0.4, 0.5) is 0 Å². The van der Waals surface area contributed by atoms with E-state index in [0.29, 0.717) is 5.02 Å². The molecule has 2 nitrogen and oxygen atoms in total. The molecule has 0 bridgehead atoms. The number of rotatable bonds is 3. The second-order valence-electron chi connectivity index (χ2n) is 3.47. The van der Waals surface area contributed by atoms with Gasteiger partial charge in [-0.1, -0.05) is 30.7 Å². The number of aliphatic hydroxyl groups excluding tert-OH is 1. The molecule has 0 unspecified atom stereocenters. The zero-order valence-electron chi connectivity index (χ0n) is 8.50. The first-order chi connectivity index (χ1) is 6.57. The minimum Gasteiger partial charge on any atom is -0.387 e. The van der Waals surface area contributed by atoms with Gasteiger partial charge in [0.05, 0.1) is 6.10 Å². The number of hydrogen-bond donors (Lipinski definition) is 2. The normalized spacial score (nSPS) is 15.2. The molecule has 2 atom stereocenters. The molecule has 14 heavy (non-hydrogen) atoms. The molecule has 0 aromatic heterocycles. The Morgan fingerprint density at radius 2 is 2.14 bits per heavy atom. The van der Waals surface area contributed by atoms with E-state index in [4.69, 9.17) is 17.3 Å². The van der Waals surface area contributed by atoms with E-state index in [1.807, 2.05) is 32.0 Å². The molecule has 3 heteroatoms. The van der Waals surface area contributed by atoms with Gasteiger partial charge in [0.25, 0.3) is 0 Å². The predicted molar refractivity (Wildman–Crippen MR) is 59.4 cm³/mol. The Morgan fingerprint density at radius 1 is 1.50 bits per heavy atom. The average molecular weight is 214 g/mol. The molecule has 1 aromatic carbocycles. The zero-order chi connectivity index (χ0) is 10.7. The van der Waals surface area contributed by atoms with E-state index in [1.54, 1.807) is 0 Å². The predicted octanol–water partition coefficient (Wildman–Crippen LogP) is 2.42. The first-order valence-electron chi connectivity index (χ1n) is 4.76. The van der Waals surface area contributed by atoms with Crippen LogP contribution in [0.2, 0.25) is 5.02 Å². The van der Waals surface area contributed by atoms with Gasteiger partial charge in [0.15, 0.2) is 0 Å². The molecule has 3 N–H and O–H groups in total. The van der Waals surface area contributed by atoms with Gasteiger partial charge in [-0.05, 0) is 30.5 Å². The fourth-order valence-electron chi connectivity index (χ4n) is 1.40. The minimum absolute atomic E-state index is 0.229. The highest BCUT2D eigenvalue weighted by Crippen LogP contribution is 2.26. The topological polar surface area (TPSA) is 46.2 Å². The molecule has 0 aliphatic rings. The van der Waals surface area contributed by atoms with Crippen LogP contribution in [0, 0.1) is 6.92 Å². The fourth-order valence-corrected chi connectivity index (χ4v) is 1.58. The molecule has 0 saturated heterocycles. The summed E-state index contributed by atoms with van der Waals surface area (Å²) >= 11 is 5.95. The van der Waals surface area contributed by atoms with Crippen molar-refractivity contribution in [2.45, 2.75) is 32.4 Å². The van der Waals surface area contributed by atoms with Gasteiger partial charge in [0.1, 0.15) is 0 Å². The van der Waals surface area contributed by atoms with Gasteiger partial charge >= 0.3 is 0 Å². The van der Waals surface area contributed by atoms with Crippen molar-refractivity contribution in [2.24, 2.45) is 5.73 Å². The van der Waals surface area contributed by atoms with Crippen molar-refractivity contribution in [3.63, 3.8) is 0 Å². The molecule has 1 aromatic rings. The highest BCUT2D eigenvalue weighted by Gasteiger charge is 2.17. The molecule has 0 aliphatic heterocycles. The Labute approximate surface area is 89.7 Å². The lowest BCUT2D eigenvalue weighted by atomic mass is 9.97. The summed E-state index contributed by atoms with van der Waals surface area (Å²) in [6, 6.07) is 5.27. The second kappa shape index (κ2) is 4.78. The largest absolute Gasteiger partial charge is 0.387 e. The summed E-state index contributed by atoms with van der Waals surface area (Å²) in [5, 5.41) is 10.6. The minimum atomic E-state index is -0.626. The van der Waals surface area contributed by atoms with E-state index in [9.17, 15) is 5.11 Å². The lowest BCUT2D eigenvalue weighted by Gasteiger charge is -2.19. The van der Waals surface area contributed by atoms with E-state index in [0.717, 1.165) is 17.5 Å². The summed E-state index contributed by atoms with van der Waals surface area (Å²) in [5.41, 5.74) is 7.51. The lowest BCUT2D eigenvalue weighted by molar-refractivity contribution is 0.144. The maximum atomic E-state index is 9.91. The number of nitrogens with two attached hydrogens (primary N) is 1. The van der Waals surface area contributed by atoms with Crippen LogP contribution in [0.25, 0.3) is 0 Å². The third-order valence-corrected chi connectivity index (χ3v) is 2.91. The van der Waals surface area contributed by atoms with Crippen LogP contribution in [0.5, 0.6) is 0 Å². The Morgan fingerprint density at radius 3 is 2.71 bits per heavy atom. The first-order valence-corrected chi connectivity index (χ1v) is 5.14. The monoisotopic (exact) mass is 213 g/mol. The van der Waals surface area contributed by atoms with Crippen molar-refractivity contribution >= 4 is 11.6 Å².